The van der Waals surface area contributed by atoms with Crippen molar-refractivity contribution in [3.05, 3.63) is 77.9 Å². The third-order valence-electron chi connectivity index (χ3n) is 9.22. The first-order chi connectivity index (χ1) is 21.5. The number of nitrogens with one attached hydrogen (secondary N) is 1. The average Bonchev–Trinajstić information content (AvgIpc) is 3.66. The summed E-state index contributed by atoms with van der Waals surface area (Å²) in [5, 5.41) is 8.44. The lowest BCUT2D eigenvalue weighted by Gasteiger charge is -2.43. The van der Waals surface area contributed by atoms with Crippen molar-refractivity contribution in [1.29, 1.82) is 0 Å². The van der Waals surface area contributed by atoms with E-state index in [1.165, 1.54) is 6.07 Å². The quantitative estimate of drug-likeness (QED) is 0.215. The Balaban J connectivity index is 1.22. The molecule has 3 aliphatic rings. The summed E-state index contributed by atoms with van der Waals surface area (Å²) in [6.07, 6.45) is 6.05. The zero-order valence-corrected chi connectivity index (χ0v) is 25.6. The molecule has 1 aliphatic carbocycles. The van der Waals surface area contributed by atoms with Gasteiger partial charge in [0, 0.05) is 40.7 Å². The van der Waals surface area contributed by atoms with Gasteiger partial charge in [-0.1, -0.05) is 18.2 Å². The molecule has 1 N–H and O–H groups in total. The Labute approximate surface area is 260 Å². The SMILES string of the molecule is CC(C)(C)[S+]([O-])NC1(c2ncc(-c3ccc4nc5n(c4c3)[C@@H]3C[C@H]5n4cnnc4-c4cccc(OC(F)F)c43)cc2F)CCC1. The molecule has 45 heavy (non-hydrogen) atoms. The van der Waals surface area contributed by atoms with E-state index in [-0.39, 0.29) is 23.5 Å². The highest BCUT2D eigenvalue weighted by Gasteiger charge is 2.48. The highest BCUT2D eigenvalue weighted by atomic mass is 32.2. The number of pyridine rings is 1. The maximum atomic E-state index is 15.8. The monoisotopic (exact) mass is 633 g/mol. The largest absolute Gasteiger partial charge is 0.598 e. The van der Waals surface area contributed by atoms with Gasteiger partial charge in [-0.2, -0.15) is 8.78 Å². The molecule has 5 heterocycles. The second-order valence-corrected chi connectivity index (χ2v) is 14.9. The van der Waals surface area contributed by atoms with Crippen LogP contribution in [0.2, 0.25) is 0 Å². The van der Waals surface area contributed by atoms with Crippen molar-refractivity contribution < 1.29 is 22.5 Å². The van der Waals surface area contributed by atoms with Gasteiger partial charge in [-0.25, -0.2) is 9.37 Å². The minimum atomic E-state index is -2.99. The molecule has 1 unspecified atom stereocenters. The van der Waals surface area contributed by atoms with Gasteiger partial charge in [0.05, 0.1) is 23.1 Å². The van der Waals surface area contributed by atoms with Crippen LogP contribution in [0.1, 0.15) is 75.6 Å². The zero-order chi connectivity index (χ0) is 31.2. The minimum absolute atomic E-state index is 0.0846. The van der Waals surface area contributed by atoms with Crippen molar-refractivity contribution >= 4 is 22.4 Å². The number of alkyl halides is 2. The number of benzene rings is 2. The summed E-state index contributed by atoms with van der Waals surface area (Å²) in [6, 6.07) is 11.7. The fraction of sp³-hybridized carbons (Fsp3) is 0.375. The van der Waals surface area contributed by atoms with Gasteiger partial charge >= 0.3 is 6.61 Å². The fourth-order valence-electron chi connectivity index (χ4n) is 6.90. The standard InChI is InChI=1S/C32H30F3N7O2S/c1-31(2,3)45(43)40-32(10-5-11-32)27-20(33)12-18(15-36-27)17-8-9-21-22(13-17)42-23-14-24(29(42)38-21)41-16-37-39-28(41)19-6-4-7-25(26(19)23)44-30(34)35/h4,6-9,12-13,15-16,23-24,30,40H,5,10-11,14H2,1-3H3/t23-,24-,45?/m1/s1. The number of nitrogens with zero attached hydrogens (tertiary/aromatic N) is 6. The first-order valence-corrected chi connectivity index (χ1v) is 16.0. The molecular weight excluding hydrogens is 603 g/mol. The average molecular weight is 634 g/mol. The maximum absolute atomic E-state index is 15.8. The molecule has 2 aromatic carbocycles. The van der Waals surface area contributed by atoms with Crippen LogP contribution in [0.3, 0.4) is 0 Å². The van der Waals surface area contributed by atoms with E-state index < -0.39 is 34.1 Å². The molecule has 2 aliphatic heterocycles. The Bertz CT molecular complexity index is 1970. The topological polar surface area (TPSA) is 106 Å². The molecule has 3 atom stereocenters. The van der Waals surface area contributed by atoms with Gasteiger partial charge in [-0.3, -0.25) is 4.98 Å². The highest BCUT2D eigenvalue weighted by molar-refractivity contribution is 7.90. The highest BCUT2D eigenvalue weighted by Crippen LogP contribution is 2.52. The lowest BCUT2D eigenvalue weighted by atomic mass is 9.74. The lowest BCUT2D eigenvalue weighted by Crippen LogP contribution is -2.55. The summed E-state index contributed by atoms with van der Waals surface area (Å²) >= 11 is -1.38. The second-order valence-electron chi connectivity index (χ2n) is 12.9. The number of hydrogen-bond acceptors (Lipinski definition) is 7. The van der Waals surface area contributed by atoms with E-state index in [0.717, 1.165) is 28.8 Å². The predicted octanol–water partition coefficient (Wildman–Crippen LogP) is 6.42. The van der Waals surface area contributed by atoms with Crippen LogP contribution in [-0.2, 0) is 16.9 Å². The summed E-state index contributed by atoms with van der Waals surface area (Å²) in [6.45, 7) is 2.65. The molecule has 1 fully saturated rings. The number of halogens is 3. The van der Waals surface area contributed by atoms with Crippen LogP contribution >= 0.6 is 0 Å². The Kier molecular flexibility index (Phi) is 6.36. The van der Waals surface area contributed by atoms with Gasteiger partial charge in [0.15, 0.2) is 5.82 Å². The molecule has 8 rings (SSSR count). The zero-order valence-electron chi connectivity index (χ0n) is 24.8. The van der Waals surface area contributed by atoms with E-state index in [4.69, 9.17) is 9.72 Å². The molecule has 0 saturated heterocycles. The van der Waals surface area contributed by atoms with Crippen molar-refractivity contribution in [2.24, 2.45) is 0 Å². The van der Waals surface area contributed by atoms with Crippen molar-refractivity contribution in [1.82, 2.24) is 34.0 Å². The van der Waals surface area contributed by atoms with Crippen LogP contribution in [-0.4, -0.2) is 45.2 Å². The first kappa shape index (κ1) is 28.5. The van der Waals surface area contributed by atoms with Crippen LogP contribution in [0.5, 0.6) is 5.75 Å². The van der Waals surface area contributed by atoms with Crippen molar-refractivity contribution in [3.63, 3.8) is 0 Å². The third kappa shape index (κ3) is 4.38. The normalized spacial score (nSPS) is 20.4. The molecule has 1 saturated carbocycles. The molecular formula is C32H30F3N7O2S. The maximum Gasteiger partial charge on any atom is 0.387 e. The van der Waals surface area contributed by atoms with E-state index in [2.05, 4.69) is 24.5 Å². The Morgan fingerprint density at radius 3 is 2.64 bits per heavy atom. The third-order valence-corrected chi connectivity index (χ3v) is 10.9. The van der Waals surface area contributed by atoms with E-state index in [0.29, 0.717) is 41.8 Å². The second kappa shape index (κ2) is 10.0. The van der Waals surface area contributed by atoms with Crippen LogP contribution in [0.4, 0.5) is 13.2 Å². The van der Waals surface area contributed by atoms with Gasteiger partial charge in [-0.15, -0.1) is 14.9 Å². The summed E-state index contributed by atoms with van der Waals surface area (Å²) in [5.74, 6) is 0.957. The van der Waals surface area contributed by atoms with E-state index in [1.807, 2.05) is 49.6 Å². The van der Waals surface area contributed by atoms with Gasteiger partial charge in [0.25, 0.3) is 0 Å². The van der Waals surface area contributed by atoms with Crippen molar-refractivity contribution in [2.75, 3.05) is 0 Å². The van der Waals surface area contributed by atoms with Crippen molar-refractivity contribution in [3.8, 4) is 28.3 Å². The summed E-state index contributed by atoms with van der Waals surface area (Å²) < 4.78 is 67.5. The van der Waals surface area contributed by atoms with Crippen LogP contribution in [0.25, 0.3) is 33.5 Å². The number of hydrogen-bond donors (Lipinski definition) is 1. The summed E-state index contributed by atoms with van der Waals surface area (Å²) in [7, 11) is 0. The van der Waals surface area contributed by atoms with Crippen molar-refractivity contribution in [2.45, 2.75) is 75.4 Å². The minimum Gasteiger partial charge on any atom is -0.598 e. The molecule has 232 valence electrons. The molecule has 0 amide bonds. The predicted molar refractivity (Wildman–Crippen MR) is 162 cm³/mol. The van der Waals surface area contributed by atoms with Gasteiger partial charge in [0.2, 0.25) is 0 Å². The Morgan fingerprint density at radius 2 is 1.93 bits per heavy atom. The van der Waals surface area contributed by atoms with Gasteiger partial charge in [0.1, 0.15) is 39.7 Å². The van der Waals surface area contributed by atoms with E-state index in [9.17, 15) is 13.3 Å². The smallest absolute Gasteiger partial charge is 0.387 e. The Hall–Kier alpha value is -3.94. The molecule has 0 spiro atoms. The van der Waals surface area contributed by atoms with Crippen LogP contribution in [0, 0.1) is 5.82 Å². The Morgan fingerprint density at radius 1 is 1.11 bits per heavy atom. The number of fused-ring (bicyclic) bond motifs is 6. The van der Waals surface area contributed by atoms with E-state index >= 15 is 4.39 Å². The van der Waals surface area contributed by atoms with E-state index in [1.54, 1.807) is 24.7 Å². The summed E-state index contributed by atoms with van der Waals surface area (Å²) in [5.41, 5.74) is 3.61. The lowest BCUT2D eigenvalue weighted by molar-refractivity contribution is -0.0506. The first-order valence-electron chi connectivity index (χ1n) is 14.9. The number of imidazole rings is 1. The summed E-state index contributed by atoms with van der Waals surface area (Å²) in [4.78, 5) is 9.53. The molecule has 0 radical (unpaired) electrons. The van der Waals surface area contributed by atoms with Gasteiger partial charge in [-0.05, 0) is 69.9 Å². The fourth-order valence-corrected chi connectivity index (χ4v) is 7.86. The molecule has 3 aromatic heterocycles. The molecule has 2 bridgehead atoms. The van der Waals surface area contributed by atoms with Crippen LogP contribution < -0.4 is 9.46 Å². The number of aromatic nitrogens is 6. The van der Waals surface area contributed by atoms with Gasteiger partial charge < -0.3 is 18.4 Å². The molecule has 13 heteroatoms. The van der Waals surface area contributed by atoms with Crippen LogP contribution in [0.15, 0.2) is 55.0 Å². The molecule has 5 aromatic rings. The number of ether oxygens (including phenoxy) is 1. The number of rotatable bonds is 6. The molecule has 9 nitrogen and oxygen atoms in total.